The topological polar surface area (TPSA) is 74.2 Å². The standard InChI is InChI=1S/C19H19F4N3O2/c20-7-14(26-18(28)17(21)22)16(27)12-3-1-11(2-4-12)13-5-6-15(25-8-13)19(23)9-24-10-19/h1-6,8,14,16-17,24,27H,7,9-10H2,(H,26,28)/t14-,16+/m1/s1. The lowest BCUT2D eigenvalue weighted by molar-refractivity contribution is -0.133. The number of hydrogen-bond acceptors (Lipinski definition) is 4. The van der Waals surface area contributed by atoms with E-state index in [0.29, 0.717) is 11.3 Å². The molecule has 2 aromatic rings. The van der Waals surface area contributed by atoms with E-state index in [1.54, 1.807) is 29.6 Å². The second-order valence-corrected chi connectivity index (χ2v) is 6.64. The van der Waals surface area contributed by atoms with Crippen molar-refractivity contribution in [3.63, 3.8) is 0 Å². The van der Waals surface area contributed by atoms with Crippen LogP contribution in [0.5, 0.6) is 0 Å². The van der Waals surface area contributed by atoms with Gasteiger partial charge in [-0.05, 0) is 17.2 Å². The number of hydrogen-bond donors (Lipinski definition) is 3. The Hall–Kier alpha value is -2.52. The maximum Gasteiger partial charge on any atom is 0.315 e. The molecule has 0 saturated carbocycles. The lowest BCUT2D eigenvalue weighted by Crippen LogP contribution is -2.54. The minimum atomic E-state index is -3.29. The highest BCUT2D eigenvalue weighted by Gasteiger charge is 2.40. The van der Waals surface area contributed by atoms with Gasteiger partial charge >= 0.3 is 6.43 Å². The Labute approximate surface area is 158 Å². The van der Waals surface area contributed by atoms with E-state index in [9.17, 15) is 27.5 Å². The van der Waals surface area contributed by atoms with E-state index in [0.717, 1.165) is 5.56 Å². The number of aliphatic hydroxyl groups excluding tert-OH is 1. The Morgan fingerprint density at radius 2 is 1.82 bits per heavy atom. The molecule has 0 spiro atoms. The van der Waals surface area contributed by atoms with Crippen molar-refractivity contribution in [2.45, 2.75) is 24.2 Å². The second kappa shape index (κ2) is 8.24. The van der Waals surface area contributed by atoms with Crippen molar-refractivity contribution < 1.29 is 27.5 Å². The molecule has 0 radical (unpaired) electrons. The number of rotatable bonds is 7. The molecule has 0 aliphatic carbocycles. The van der Waals surface area contributed by atoms with Crippen molar-refractivity contribution in [3.8, 4) is 11.1 Å². The molecule has 0 bridgehead atoms. The van der Waals surface area contributed by atoms with E-state index < -0.39 is 36.8 Å². The summed E-state index contributed by atoms with van der Waals surface area (Å²) >= 11 is 0. The average Bonchev–Trinajstić information content (AvgIpc) is 2.69. The van der Waals surface area contributed by atoms with Crippen molar-refractivity contribution in [2.24, 2.45) is 0 Å². The molecule has 1 aliphatic rings. The zero-order valence-electron chi connectivity index (χ0n) is 14.7. The molecule has 1 fully saturated rings. The first-order valence-corrected chi connectivity index (χ1v) is 8.63. The fourth-order valence-electron chi connectivity index (χ4n) is 2.91. The molecule has 2 atom stereocenters. The van der Waals surface area contributed by atoms with Gasteiger partial charge in [-0.3, -0.25) is 9.78 Å². The summed E-state index contributed by atoms with van der Waals surface area (Å²) in [5.74, 6) is -1.64. The van der Waals surface area contributed by atoms with Gasteiger partial charge in [0.05, 0.1) is 11.7 Å². The van der Waals surface area contributed by atoms with E-state index in [4.69, 9.17) is 0 Å². The van der Waals surface area contributed by atoms with Crippen LogP contribution in [0.4, 0.5) is 17.6 Å². The van der Waals surface area contributed by atoms with Crippen LogP contribution in [-0.2, 0) is 10.5 Å². The van der Waals surface area contributed by atoms with Gasteiger partial charge in [-0.2, -0.15) is 8.78 Å². The third-order valence-corrected chi connectivity index (χ3v) is 4.69. The minimum Gasteiger partial charge on any atom is -0.386 e. The summed E-state index contributed by atoms with van der Waals surface area (Å²) in [6.07, 6.45) is -3.24. The number of alkyl halides is 4. The maximum atomic E-state index is 14.3. The van der Waals surface area contributed by atoms with Crippen LogP contribution in [0.1, 0.15) is 17.4 Å². The number of nitrogens with one attached hydrogen (secondary N) is 2. The average molecular weight is 397 g/mol. The Morgan fingerprint density at radius 1 is 1.18 bits per heavy atom. The summed E-state index contributed by atoms with van der Waals surface area (Å²) in [5, 5.41) is 14.8. The normalized spacial score (nSPS) is 17.6. The van der Waals surface area contributed by atoms with E-state index in [1.165, 1.54) is 18.3 Å². The summed E-state index contributed by atoms with van der Waals surface area (Å²) in [6.45, 7) is -0.750. The molecular formula is C19H19F4N3O2. The number of benzene rings is 1. The molecule has 1 saturated heterocycles. The molecule has 1 amide bonds. The lowest BCUT2D eigenvalue weighted by atomic mass is 9.93. The Morgan fingerprint density at radius 3 is 2.29 bits per heavy atom. The Bertz CT molecular complexity index is 811. The van der Waals surface area contributed by atoms with E-state index in [2.05, 4.69) is 10.3 Å². The van der Waals surface area contributed by atoms with Crippen LogP contribution in [0.15, 0.2) is 42.6 Å². The predicted molar refractivity (Wildman–Crippen MR) is 94.2 cm³/mol. The monoisotopic (exact) mass is 397 g/mol. The molecular weight excluding hydrogens is 378 g/mol. The first-order chi connectivity index (χ1) is 13.3. The number of amides is 1. The third-order valence-electron chi connectivity index (χ3n) is 4.69. The summed E-state index contributed by atoms with van der Waals surface area (Å²) in [7, 11) is 0. The van der Waals surface area contributed by atoms with Gasteiger partial charge in [-0.25, -0.2) is 8.78 Å². The van der Waals surface area contributed by atoms with Gasteiger partial charge in [0.2, 0.25) is 0 Å². The second-order valence-electron chi connectivity index (χ2n) is 6.64. The molecule has 2 heterocycles. The fraction of sp³-hybridized carbons (Fsp3) is 0.368. The Kier molecular flexibility index (Phi) is 5.95. The largest absolute Gasteiger partial charge is 0.386 e. The SMILES string of the molecule is O=C(N[C@H](CF)[C@@H](O)c1ccc(-c2ccc(C3(F)CNC3)nc2)cc1)C(F)F. The molecule has 1 aromatic heterocycles. The fourth-order valence-corrected chi connectivity index (χ4v) is 2.91. The first kappa shape index (κ1) is 20.2. The van der Waals surface area contributed by atoms with Gasteiger partial charge < -0.3 is 15.7 Å². The summed E-state index contributed by atoms with van der Waals surface area (Å²) < 4.78 is 52.0. The van der Waals surface area contributed by atoms with Gasteiger partial charge in [0.25, 0.3) is 5.91 Å². The molecule has 3 rings (SSSR count). The molecule has 5 nitrogen and oxygen atoms in total. The maximum absolute atomic E-state index is 14.3. The number of halogens is 4. The van der Waals surface area contributed by atoms with Crippen molar-refractivity contribution in [2.75, 3.05) is 19.8 Å². The predicted octanol–water partition coefficient (Wildman–Crippen LogP) is 2.27. The van der Waals surface area contributed by atoms with Crippen LogP contribution in [0, 0.1) is 0 Å². The van der Waals surface area contributed by atoms with Crippen LogP contribution >= 0.6 is 0 Å². The van der Waals surface area contributed by atoms with Gasteiger partial charge in [-0.15, -0.1) is 0 Å². The lowest BCUT2D eigenvalue weighted by Gasteiger charge is -2.34. The van der Waals surface area contributed by atoms with E-state index >= 15 is 0 Å². The number of pyridine rings is 1. The molecule has 28 heavy (non-hydrogen) atoms. The summed E-state index contributed by atoms with van der Waals surface area (Å²) in [6, 6.07) is 8.11. The smallest absolute Gasteiger partial charge is 0.315 e. The highest BCUT2D eigenvalue weighted by atomic mass is 19.3. The summed E-state index contributed by atoms with van der Waals surface area (Å²) in [4.78, 5) is 15.2. The zero-order valence-corrected chi connectivity index (χ0v) is 14.7. The van der Waals surface area contributed by atoms with Crippen molar-refractivity contribution >= 4 is 5.91 Å². The van der Waals surface area contributed by atoms with E-state index in [1.807, 2.05) is 0 Å². The molecule has 3 N–H and O–H groups in total. The number of carbonyl (C=O) groups is 1. The number of aliphatic hydroxyl groups is 1. The molecule has 1 aliphatic heterocycles. The molecule has 1 aromatic carbocycles. The highest BCUT2D eigenvalue weighted by molar-refractivity contribution is 5.79. The quantitative estimate of drug-likeness (QED) is 0.627. The highest BCUT2D eigenvalue weighted by Crippen LogP contribution is 2.30. The molecule has 150 valence electrons. The van der Waals surface area contributed by atoms with Crippen molar-refractivity contribution in [1.82, 2.24) is 15.6 Å². The van der Waals surface area contributed by atoms with E-state index in [-0.39, 0.29) is 18.7 Å². The molecule has 0 unspecified atom stereocenters. The van der Waals surface area contributed by atoms with Crippen molar-refractivity contribution in [3.05, 3.63) is 53.9 Å². The van der Waals surface area contributed by atoms with Crippen LogP contribution < -0.4 is 10.6 Å². The zero-order chi connectivity index (χ0) is 20.3. The first-order valence-electron chi connectivity index (χ1n) is 8.63. The third kappa shape index (κ3) is 4.15. The Balaban J connectivity index is 1.71. The number of aromatic nitrogens is 1. The number of carbonyl (C=O) groups excluding carboxylic acids is 1. The van der Waals surface area contributed by atoms with Crippen LogP contribution in [-0.4, -0.2) is 48.2 Å². The summed E-state index contributed by atoms with van der Waals surface area (Å²) in [5.41, 5.74) is 0.601. The van der Waals surface area contributed by atoms with Crippen LogP contribution in [0.3, 0.4) is 0 Å². The van der Waals surface area contributed by atoms with Crippen molar-refractivity contribution in [1.29, 1.82) is 0 Å². The van der Waals surface area contributed by atoms with Gasteiger partial charge in [0.15, 0.2) is 5.67 Å². The van der Waals surface area contributed by atoms with Gasteiger partial charge in [0.1, 0.15) is 12.8 Å². The van der Waals surface area contributed by atoms with Gasteiger partial charge in [0, 0.05) is 24.8 Å². The minimum absolute atomic E-state index is 0.226. The van der Waals surface area contributed by atoms with Crippen LogP contribution in [0.25, 0.3) is 11.1 Å². The van der Waals surface area contributed by atoms with Crippen LogP contribution in [0.2, 0.25) is 0 Å². The van der Waals surface area contributed by atoms with Gasteiger partial charge in [-0.1, -0.05) is 30.3 Å². The molecule has 9 heteroatoms. The number of nitrogens with zero attached hydrogens (tertiary/aromatic N) is 1.